The summed E-state index contributed by atoms with van der Waals surface area (Å²) in [6.45, 7) is 8.45. The molecule has 0 saturated carbocycles. The van der Waals surface area contributed by atoms with E-state index in [1.165, 1.54) is 9.13 Å². The highest BCUT2D eigenvalue weighted by molar-refractivity contribution is 14.1. The minimum absolute atomic E-state index is 0.310. The molecule has 1 rings (SSSR count). The van der Waals surface area contributed by atoms with E-state index in [1.54, 1.807) is 0 Å². The highest BCUT2D eigenvalue weighted by Crippen LogP contribution is 2.21. The lowest BCUT2D eigenvalue weighted by Crippen LogP contribution is -2.55. The van der Waals surface area contributed by atoms with E-state index in [9.17, 15) is 5.11 Å². The number of aliphatic hydroxyl groups is 1. The van der Waals surface area contributed by atoms with E-state index in [0.29, 0.717) is 0 Å². The van der Waals surface area contributed by atoms with E-state index in [-0.39, 0.29) is 5.54 Å². The van der Waals surface area contributed by atoms with Crippen LogP contribution in [0.1, 0.15) is 33.3 Å². The third-order valence-electron chi connectivity index (χ3n) is 3.18. The summed E-state index contributed by atoms with van der Waals surface area (Å²) in [6, 6.07) is 8.40. The Morgan fingerprint density at radius 2 is 1.62 bits per heavy atom. The molecule has 0 aliphatic carbocycles. The molecule has 0 aromatic heterocycles. The SMILES string of the molecule is CC(C)(O)C(C)(C)NCc1ccc(I)cc1. The first-order valence-corrected chi connectivity index (χ1v) is 6.52. The quantitative estimate of drug-likeness (QED) is 0.831. The van der Waals surface area contributed by atoms with Crippen LogP contribution in [0.4, 0.5) is 0 Å². The largest absolute Gasteiger partial charge is 0.389 e. The second-order valence-electron chi connectivity index (χ2n) is 5.16. The molecule has 90 valence electrons. The fourth-order valence-electron chi connectivity index (χ4n) is 1.14. The van der Waals surface area contributed by atoms with Gasteiger partial charge in [-0.2, -0.15) is 0 Å². The Balaban J connectivity index is 2.61. The van der Waals surface area contributed by atoms with Gasteiger partial charge in [-0.15, -0.1) is 0 Å². The number of nitrogens with one attached hydrogen (secondary N) is 1. The second-order valence-corrected chi connectivity index (χ2v) is 6.41. The lowest BCUT2D eigenvalue weighted by atomic mass is 9.86. The summed E-state index contributed by atoms with van der Waals surface area (Å²) in [5, 5.41) is 13.4. The van der Waals surface area contributed by atoms with Gasteiger partial charge in [0.25, 0.3) is 0 Å². The van der Waals surface area contributed by atoms with Crippen LogP contribution in [-0.2, 0) is 6.54 Å². The molecule has 2 nitrogen and oxygen atoms in total. The summed E-state index contributed by atoms with van der Waals surface area (Å²) in [7, 11) is 0. The number of hydrogen-bond donors (Lipinski definition) is 2. The van der Waals surface area contributed by atoms with Crippen LogP contribution in [0.3, 0.4) is 0 Å². The summed E-state index contributed by atoms with van der Waals surface area (Å²) >= 11 is 2.29. The second kappa shape index (κ2) is 5.02. The maximum Gasteiger partial charge on any atom is 0.0767 e. The maximum absolute atomic E-state index is 10.0. The van der Waals surface area contributed by atoms with Crippen molar-refractivity contribution < 1.29 is 5.11 Å². The fourth-order valence-corrected chi connectivity index (χ4v) is 1.50. The lowest BCUT2D eigenvalue weighted by Gasteiger charge is -2.38. The highest BCUT2D eigenvalue weighted by Gasteiger charge is 2.34. The van der Waals surface area contributed by atoms with E-state index in [4.69, 9.17) is 0 Å². The Morgan fingerprint density at radius 3 is 2.06 bits per heavy atom. The van der Waals surface area contributed by atoms with Crippen molar-refractivity contribution in [3.8, 4) is 0 Å². The first-order valence-electron chi connectivity index (χ1n) is 5.44. The van der Waals surface area contributed by atoms with Crippen molar-refractivity contribution >= 4 is 22.6 Å². The fraction of sp³-hybridized carbons (Fsp3) is 0.538. The van der Waals surface area contributed by atoms with Crippen LogP contribution in [0, 0.1) is 3.57 Å². The minimum Gasteiger partial charge on any atom is -0.389 e. The molecule has 0 fully saturated rings. The summed E-state index contributed by atoms with van der Waals surface area (Å²) in [5.41, 5.74) is 0.185. The Kier molecular flexibility index (Phi) is 4.37. The molecule has 1 aromatic carbocycles. The van der Waals surface area contributed by atoms with Gasteiger partial charge in [-0.05, 0) is 68.0 Å². The van der Waals surface area contributed by atoms with Gasteiger partial charge in [-0.1, -0.05) is 12.1 Å². The van der Waals surface area contributed by atoms with E-state index in [1.807, 2.05) is 27.7 Å². The highest BCUT2D eigenvalue weighted by atomic mass is 127. The molecule has 0 saturated heterocycles. The summed E-state index contributed by atoms with van der Waals surface area (Å²) in [4.78, 5) is 0. The van der Waals surface area contributed by atoms with Crippen LogP contribution in [0.5, 0.6) is 0 Å². The molecule has 0 radical (unpaired) electrons. The van der Waals surface area contributed by atoms with Gasteiger partial charge in [0.1, 0.15) is 0 Å². The van der Waals surface area contributed by atoms with Crippen LogP contribution in [-0.4, -0.2) is 16.2 Å². The van der Waals surface area contributed by atoms with Gasteiger partial charge in [0.15, 0.2) is 0 Å². The smallest absolute Gasteiger partial charge is 0.0767 e. The van der Waals surface area contributed by atoms with Crippen molar-refractivity contribution in [2.45, 2.75) is 45.4 Å². The third-order valence-corrected chi connectivity index (χ3v) is 3.90. The normalized spacial score (nSPS) is 12.9. The zero-order chi connectivity index (χ0) is 12.4. The van der Waals surface area contributed by atoms with E-state index >= 15 is 0 Å². The lowest BCUT2D eigenvalue weighted by molar-refractivity contribution is -0.00531. The Morgan fingerprint density at radius 1 is 1.12 bits per heavy atom. The van der Waals surface area contributed by atoms with Crippen molar-refractivity contribution in [2.24, 2.45) is 0 Å². The van der Waals surface area contributed by atoms with Crippen molar-refractivity contribution in [1.29, 1.82) is 0 Å². The average molecular weight is 333 g/mol. The van der Waals surface area contributed by atoms with Crippen LogP contribution < -0.4 is 5.32 Å². The number of halogens is 1. The van der Waals surface area contributed by atoms with Crippen molar-refractivity contribution in [3.63, 3.8) is 0 Å². The zero-order valence-electron chi connectivity index (χ0n) is 10.3. The molecule has 0 amide bonds. The maximum atomic E-state index is 10.0. The molecule has 16 heavy (non-hydrogen) atoms. The molecular weight excluding hydrogens is 313 g/mol. The molecule has 0 spiro atoms. The summed E-state index contributed by atoms with van der Waals surface area (Å²) < 4.78 is 1.24. The molecule has 0 unspecified atom stereocenters. The van der Waals surface area contributed by atoms with Gasteiger partial charge in [0.05, 0.1) is 5.60 Å². The standard InChI is InChI=1S/C13H20INO/c1-12(2,13(3,4)16)15-9-10-5-7-11(14)8-6-10/h5-8,15-16H,9H2,1-4H3. The predicted molar refractivity (Wildman–Crippen MR) is 76.4 cm³/mol. The molecule has 1 aromatic rings. The van der Waals surface area contributed by atoms with Gasteiger partial charge in [0, 0.05) is 15.7 Å². The van der Waals surface area contributed by atoms with E-state index < -0.39 is 5.60 Å². The van der Waals surface area contributed by atoms with Crippen LogP contribution in [0.25, 0.3) is 0 Å². The number of benzene rings is 1. The molecule has 0 aliphatic heterocycles. The number of hydrogen-bond acceptors (Lipinski definition) is 2. The average Bonchev–Trinajstić information content (AvgIpc) is 2.15. The van der Waals surface area contributed by atoms with Crippen molar-refractivity contribution in [2.75, 3.05) is 0 Å². The first kappa shape index (κ1) is 13.9. The molecule has 2 N–H and O–H groups in total. The topological polar surface area (TPSA) is 32.3 Å². The van der Waals surface area contributed by atoms with Crippen LogP contribution in [0.15, 0.2) is 24.3 Å². The van der Waals surface area contributed by atoms with Gasteiger partial charge in [-0.25, -0.2) is 0 Å². The van der Waals surface area contributed by atoms with Gasteiger partial charge in [-0.3, -0.25) is 0 Å². The minimum atomic E-state index is -0.740. The zero-order valence-corrected chi connectivity index (χ0v) is 12.5. The van der Waals surface area contributed by atoms with Crippen LogP contribution >= 0.6 is 22.6 Å². The molecule has 0 aliphatic rings. The monoisotopic (exact) mass is 333 g/mol. The van der Waals surface area contributed by atoms with Crippen molar-refractivity contribution in [1.82, 2.24) is 5.32 Å². The Hall–Kier alpha value is -0.130. The Labute approximate surface area is 112 Å². The molecule has 0 bridgehead atoms. The predicted octanol–water partition coefficient (Wildman–Crippen LogP) is 2.93. The van der Waals surface area contributed by atoms with Gasteiger partial charge in [0.2, 0.25) is 0 Å². The van der Waals surface area contributed by atoms with Crippen LogP contribution in [0.2, 0.25) is 0 Å². The summed E-state index contributed by atoms with van der Waals surface area (Å²) in [5.74, 6) is 0. The third kappa shape index (κ3) is 3.71. The Bertz CT molecular complexity index is 338. The van der Waals surface area contributed by atoms with Gasteiger partial charge < -0.3 is 10.4 Å². The molecular formula is C13H20INO. The first-order chi connectivity index (χ1) is 7.22. The van der Waals surface area contributed by atoms with E-state index in [2.05, 4.69) is 52.2 Å². The van der Waals surface area contributed by atoms with Crippen molar-refractivity contribution in [3.05, 3.63) is 33.4 Å². The van der Waals surface area contributed by atoms with E-state index in [0.717, 1.165) is 6.54 Å². The molecule has 0 atom stereocenters. The molecule has 0 heterocycles. The molecule has 3 heteroatoms. The summed E-state index contributed by atoms with van der Waals surface area (Å²) in [6.07, 6.45) is 0. The van der Waals surface area contributed by atoms with Gasteiger partial charge >= 0.3 is 0 Å². The number of rotatable bonds is 4.